The van der Waals surface area contributed by atoms with Crippen molar-refractivity contribution >= 4 is 17.7 Å². The first-order valence-corrected chi connectivity index (χ1v) is 9.94. The molecule has 0 fully saturated rings. The summed E-state index contributed by atoms with van der Waals surface area (Å²) >= 11 is 1.78. The molecule has 6 nitrogen and oxygen atoms in total. The summed E-state index contributed by atoms with van der Waals surface area (Å²) < 4.78 is 2.12. The van der Waals surface area contributed by atoms with Crippen molar-refractivity contribution in [3.8, 4) is 0 Å². The van der Waals surface area contributed by atoms with Gasteiger partial charge in [0.15, 0.2) is 0 Å². The molecule has 3 aromatic rings. The molecular formula is C19H22N6S. The minimum Gasteiger partial charge on any atom is -0.348 e. The van der Waals surface area contributed by atoms with E-state index in [4.69, 9.17) is 5.10 Å². The van der Waals surface area contributed by atoms with Gasteiger partial charge in [0.1, 0.15) is 0 Å². The second-order valence-corrected chi connectivity index (χ2v) is 7.21. The Morgan fingerprint density at radius 2 is 1.92 bits per heavy atom. The van der Waals surface area contributed by atoms with Crippen LogP contribution in [0.5, 0.6) is 0 Å². The average Bonchev–Trinajstić information content (AvgIpc) is 3.10. The highest BCUT2D eigenvalue weighted by atomic mass is 32.2. The van der Waals surface area contributed by atoms with Crippen molar-refractivity contribution in [1.82, 2.24) is 24.6 Å². The summed E-state index contributed by atoms with van der Waals surface area (Å²) in [5.41, 5.74) is 3.65. The number of hydrogen-bond donors (Lipinski definition) is 1. The van der Waals surface area contributed by atoms with Crippen molar-refractivity contribution in [1.29, 1.82) is 0 Å². The van der Waals surface area contributed by atoms with E-state index in [1.54, 1.807) is 24.2 Å². The molecule has 4 rings (SSSR count). The van der Waals surface area contributed by atoms with Gasteiger partial charge in [-0.1, -0.05) is 12.1 Å². The largest absolute Gasteiger partial charge is 0.348 e. The Hall–Kier alpha value is -2.38. The van der Waals surface area contributed by atoms with E-state index < -0.39 is 0 Å². The lowest BCUT2D eigenvalue weighted by molar-refractivity contribution is 0.205. The molecule has 0 radical (unpaired) electrons. The molecular weight excluding hydrogens is 344 g/mol. The summed E-state index contributed by atoms with van der Waals surface area (Å²) in [7, 11) is 0. The molecule has 0 aliphatic carbocycles. The van der Waals surface area contributed by atoms with Gasteiger partial charge in [-0.05, 0) is 36.1 Å². The van der Waals surface area contributed by atoms with Crippen molar-refractivity contribution < 1.29 is 0 Å². The van der Waals surface area contributed by atoms with E-state index in [1.807, 2.05) is 6.07 Å². The zero-order chi connectivity index (χ0) is 17.8. The molecule has 0 saturated heterocycles. The van der Waals surface area contributed by atoms with Gasteiger partial charge in [0.2, 0.25) is 5.95 Å². The summed E-state index contributed by atoms with van der Waals surface area (Å²) in [6.45, 7) is 4.50. The van der Waals surface area contributed by atoms with E-state index in [0.717, 1.165) is 31.9 Å². The van der Waals surface area contributed by atoms with E-state index in [2.05, 4.69) is 61.5 Å². The molecule has 3 heterocycles. The van der Waals surface area contributed by atoms with E-state index in [0.29, 0.717) is 12.5 Å². The third-order valence-corrected chi connectivity index (χ3v) is 5.23. The lowest BCUT2D eigenvalue weighted by Crippen LogP contribution is -2.33. The number of hydrogen-bond acceptors (Lipinski definition) is 6. The molecule has 134 valence electrons. The van der Waals surface area contributed by atoms with Crippen LogP contribution in [0.2, 0.25) is 0 Å². The number of aromatic nitrogens is 4. The zero-order valence-electron chi connectivity index (χ0n) is 14.8. The third-order valence-electron chi connectivity index (χ3n) is 4.49. The van der Waals surface area contributed by atoms with Crippen LogP contribution < -0.4 is 5.32 Å². The van der Waals surface area contributed by atoms with Gasteiger partial charge in [-0.15, -0.1) is 11.8 Å². The van der Waals surface area contributed by atoms with Crippen LogP contribution in [-0.2, 0) is 26.2 Å². The number of anilines is 1. The van der Waals surface area contributed by atoms with Crippen LogP contribution >= 0.6 is 11.8 Å². The Kier molecular flexibility index (Phi) is 5.17. The number of fused-ring (bicyclic) bond motifs is 1. The van der Waals surface area contributed by atoms with Crippen molar-refractivity contribution in [3.63, 3.8) is 0 Å². The van der Waals surface area contributed by atoms with Crippen LogP contribution in [-0.4, -0.2) is 37.4 Å². The zero-order valence-corrected chi connectivity index (χ0v) is 15.6. The third kappa shape index (κ3) is 4.05. The molecule has 1 aliphatic heterocycles. The van der Waals surface area contributed by atoms with Gasteiger partial charge in [-0.3, -0.25) is 9.58 Å². The average molecular weight is 366 g/mol. The van der Waals surface area contributed by atoms with E-state index in [9.17, 15) is 0 Å². The first-order valence-electron chi connectivity index (χ1n) is 8.72. The minimum absolute atomic E-state index is 0.633. The number of nitrogens with zero attached hydrogens (tertiary/aromatic N) is 5. The standard InChI is InChI=1S/C19H22N6S/c1-26-18-5-3-15(4-6-18)13-24-9-10-25-17(14-24)11-16(23-25)12-22-19-20-7-2-8-21-19/h2-8,11H,9-10,12-14H2,1H3,(H,20,21,22). The SMILES string of the molecule is CSc1ccc(CN2CCn3nc(CNc4ncccn4)cc3C2)cc1. The van der Waals surface area contributed by atoms with Gasteiger partial charge >= 0.3 is 0 Å². The summed E-state index contributed by atoms with van der Waals surface area (Å²) in [6.07, 6.45) is 5.57. The van der Waals surface area contributed by atoms with Crippen LogP contribution in [0.1, 0.15) is 17.0 Å². The normalized spacial score (nSPS) is 14.2. The van der Waals surface area contributed by atoms with Gasteiger partial charge in [0.25, 0.3) is 0 Å². The topological polar surface area (TPSA) is 58.9 Å². The smallest absolute Gasteiger partial charge is 0.222 e. The van der Waals surface area contributed by atoms with Crippen LogP contribution in [0.25, 0.3) is 0 Å². The summed E-state index contributed by atoms with van der Waals surface area (Å²) in [5, 5.41) is 7.92. The van der Waals surface area contributed by atoms with Crippen molar-refractivity contribution in [2.45, 2.75) is 31.1 Å². The molecule has 0 spiro atoms. The predicted molar refractivity (Wildman–Crippen MR) is 104 cm³/mol. The van der Waals surface area contributed by atoms with Gasteiger partial charge in [-0.2, -0.15) is 5.10 Å². The minimum atomic E-state index is 0.633. The molecule has 0 atom stereocenters. The van der Waals surface area contributed by atoms with Gasteiger partial charge in [0, 0.05) is 36.9 Å². The van der Waals surface area contributed by atoms with Crippen LogP contribution in [0, 0.1) is 0 Å². The van der Waals surface area contributed by atoms with E-state index >= 15 is 0 Å². The maximum atomic E-state index is 4.70. The molecule has 1 aliphatic rings. The first-order chi connectivity index (χ1) is 12.8. The summed E-state index contributed by atoms with van der Waals surface area (Å²) in [6, 6.07) is 12.8. The van der Waals surface area contributed by atoms with Crippen molar-refractivity contribution in [3.05, 3.63) is 65.7 Å². The number of benzene rings is 1. The molecule has 2 aromatic heterocycles. The summed E-state index contributed by atoms with van der Waals surface area (Å²) in [4.78, 5) is 12.1. The molecule has 1 N–H and O–H groups in total. The molecule has 0 saturated carbocycles. The Labute approximate surface area is 157 Å². The highest BCUT2D eigenvalue weighted by molar-refractivity contribution is 7.98. The second-order valence-electron chi connectivity index (χ2n) is 6.33. The Morgan fingerprint density at radius 1 is 1.12 bits per heavy atom. The van der Waals surface area contributed by atoms with Gasteiger partial charge < -0.3 is 5.32 Å². The quantitative estimate of drug-likeness (QED) is 0.677. The molecule has 0 bridgehead atoms. The van der Waals surface area contributed by atoms with Crippen molar-refractivity contribution in [2.75, 3.05) is 18.1 Å². The Balaban J connectivity index is 1.36. The molecule has 7 heteroatoms. The highest BCUT2D eigenvalue weighted by Gasteiger charge is 2.18. The Morgan fingerprint density at radius 3 is 2.69 bits per heavy atom. The summed E-state index contributed by atoms with van der Waals surface area (Å²) in [5.74, 6) is 0.633. The monoisotopic (exact) mass is 366 g/mol. The lowest BCUT2D eigenvalue weighted by Gasteiger charge is -2.27. The van der Waals surface area contributed by atoms with Crippen LogP contribution in [0.3, 0.4) is 0 Å². The van der Waals surface area contributed by atoms with Crippen LogP contribution in [0.15, 0.2) is 53.7 Å². The highest BCUT2D eigenvalue weighted by Crippen LogP contribution is 2.19. The fourth-order valence-corrected chi connectivity index (χ4v) is 3.56. The van der Waals surface area contributed by atoms with Gasteiger partial charge in [0.05, 0.1) is 24.5 Å². The number of nitrogens with one attached hydrogen (secondary N) is 1. The van der Waals surface area contributed by atoms with Crippen LogP contribution in [0.4, 0.5) is 5.95 Å². The molecule has 26 heavy (non-hydrogen) atoms. The fourth-order valence-electron chi connectivity index (χ4n) is 3.15. The predicted octanol–water partition coefficient (Wildman–Crippen LogP) is 3.02. The molecule has 0 unspecified atom stereocenters. The molecule has 1 aromatic carbocycles. The molecule has 0 amide bonds. The Bertz CT molecular complexity index is 846. The maximum absolute atomic E-state index is 4.70. The maximum Gasteiger partial charge on any atom is 0.222 e. The lowest BCUT2D eigenvalue weighted by atomic mass is 10.2. The number of rotatable bonds is 6. The van der Waals surface area contributed by atoms with E-state index in [-0.39, 0.29) is 0 Å². The van der Waals surface area contributed by atoms with E-state index in [1.165, 1.54) is 16.2 Å². The second kappa shape index (κ2) is 7.88. The number of thioether (sulfide) groups is 1. The van der Waals surface area contributed by atoms with Crippen molar-refractivity contribution in [2.24, 2.45) is 0 Å². The van der Waals surface area contributed by atoms with Gasteiger partial charge in [-0.25, -0.2) is 9.97 Å². The fraction of sp³-hybridized carbons (Fsp3) is 0.316. The first kappa shape index (κ1) is 17.1.